The van der Waals surface area contributed by atoms with Gasteiger partial charge in [-0.3, -0.25) is 4.79 Å². The second-order valence-corrected chi connectivity index (χ2v) is 5.33. The van der Waals surface area contributed by atoms with Crippen LogP contribution in [0.3, 0.4) is 0 Å². The van der Waals surface area contributed by atoms with Gasteiger partial charge in [-0.2, -0.15) is 0 Å². The Morgan fingerprint density at radius 2 is 1.96 bits per heavy atom. The van der Waals surface area contributed by atoms with Crippen LogP contribution in [0.4, 0.5) is 0 Å². The van der Waals surface area contributed by atoms with Crippen LogP contribution in [0.1, 0.15) is 21.8 Å². The summed E-state index contributed by atoms with van der Waals surface area (Å²) < 4.78 is 16.0. The summed E-state index contributed by atoms with van der Waals surface area (Å²) >= 11 is 0. The summed E-state index contributed by atoms with van der Waals surface area (Å²) in [6, 6.07) is 13.0. The van der Waals surface area contributed by atoms with E-state index in [2.05, 4.69) is 5.32 Å². The first kappa shape index (κ1) is 15.2. The van der Waals surface area contributed by atoms with Gasteiger partial charge in [0.05, 0.1) is 20.8 Å². The van der Waals surface area contributed by atoms with Gasteiger partial charge in [0.25, 0.3) is 5.91 Å². The highest BCUT2D eigenvalue weighted by Gasteiger charge is 2.24. The zero-order valence-corrected chi connectivity index (χ0v) is 13.2. The molecule has 0 radical (unpaired) electrons. The SMILES string of the molecule is COc1ccc(C(=O)NCC2COc3ccccc32)cc1OC. The number of fused-ring (bicyclic) bond motifs is 1. The third-order valence-electron chi connectivity index (χ3n) is 3.95. The van der Waals surface area contributed by atoms with Gasteiger partial charge in [-0.25, -0.2) is 0 Å². The smallest absolute Gasteiger partial charge is 0.251 e. The summed E-state index contributed by atoms with van der Waals surface area (Å²) in [5, 5.41) is 2.96. The van der Waals surface area contributed by atoms with Crippen LogP contribution in [-0.4, -0.2) is 33.3 Å². The molecule has 1 atom stereocenters. The zero-order chi connectivity index (χ0) is 16.2. The zero-order valence-electron chi connectivity index (χ0n) is 13.2. The lowest BCUT2D eigenvalue weighted by Gasteiger charge is -2.12. The minimum atomic E-state index is -0.143. The highest BCUT2D eigenvalue weighted by molar-refractivity contribution is 5.94. The van der Waals surface area contributed by atoms with E-state index in [1.807, 2.05) is 24.3 Å². The van der Waals surface area contributed by atoms with Crippen molar-refractivity contribution >= 4 is 5.91 Å². The van der Waals surface area contributed by atoms with Crippen LogP contribution < -0.4 is 19.5 Å². The van der Waals surface area contributed by atoms with E-state index in [4.69, 9.17) is 14.2 Å². The molecule has 0 aliphatic carbocycles. The van der Waals surface area contributed by atoms with E-state index in [1.54, 1.807) is 32.4 Å². The molecule has 0 spiro atoms. The molecule has 1 unspecified atom stereocenters. The summed E-state index contributed by atoms with van der Waals surface area (Å²) in [5.74, 6) is 2.07. The van der Waals surface area contributed by atoms with Crippen LogP contribution in [0.5, 0.6) is 17.2 Å². The molecule has 1 N–H and O–H groups in total. The van der Waals surface area contributed by atoms with Crippen LogP contribution in [0.2, 0.25) is 0 Å². The van der Waals surface area contributed by atoms with Crippen molar-refractivity contribution in [1.82, 2.24) is 5.32 Å². The number of amides is 1. The highest BCUT2D eigenvalue weighted by atomic mass is 16.5. The van der Waals surface area contributed by atoms with Gasteiger partial charge in [-0.15, -0.1) is 0 Å². The molecule has 2 aromatic rings. The molecular formula is C18H19NO4. The fourth-order valence-electron chi connectivity index (χ4n) is 2.69. The first-order chi connectivity index (χ1) is 11.2. The van der Waals surface area contributed by atoms with Gasteiger partial charge in [-0.1, -0.05) is 18.2 Å². The van der Waals surface area contributed by atoms with Crippen molar-refractivity contribution < 1.29 is 19.0 Å². The maximum atomic E-state index is 12.3. The standard InChI is InChI=1S/C18H19NO4/c1-21-16-8-7-12(9-17(16)22-2)18(20)19-10-13-11-23-15-6-4-3-5-14(13)15/h3-9,13H,10-11H2,1-2H3,(H,19,20). The second-order valence-electron chi connectivity index (χ2n) is 5.33. The average Bonchev–Trinajstić information content (AvgIpc) is 3.02. The molecule has 5 nitrogen and oxygen atoms in total. The van der Waals surface area contributed by atoms with Gasteiger partial charge in [0, 0.05) is 23.6 Å². The lowest BCUT2D eigenvalue weighted by atomic mass is 10.0. The number of hydrogen-bond acceptors (Lipinski definition) is 4. The molecule has 0 fully saturated rings. The normalized spacial score (nSPS) is 15.5. The van der Waals surface area contributed by atoms with E-state index in [0.29, 0.717) is 30.2 Å². The number of carbonyl (C=O) groups is 1. The Balaban J connectivity index is 1.66. The van der Waals surface area contributed by atoms with E-state index in [0.717, 1.165) is 11.3 Å². The molecule has 0 saturated heterocycles. The maximum absolute atomic E-state index is 12.3. The molecule has 0 aromatic heterocycles. The lowest BCUT2D eigenvalue weighted by Crippen LogP contribution is -2.29. The largest absolute Gasteiger partial charge is 0.493 e. The number of hydrogen-bond donors (Lipinski definition) is 1. The van der Waals surface area contributed by atoms with E-state index in [-0.39, 0.29) is 11.8 Å². The van der Waals surface area contributed by atoms with E-state index >= 15 is 0 Å². The Hall–Kier alpha value is -2.69. The van der Waals surface area contributed by atoms with Crippen LogP contribution >= 0.6 is 0 Å². The van der Waals surface area contributed by atoms with Gasteiger partial charge in [0.15, 0.2) is 11.5 Å². The molecule has 23 heavy (non-hydrogen) atoms. The van der Waals surface area contributed by atoms with Gasteiger partial charge in [-0.05, 0) is 24.3 Å². The third-order valence-corrected chi connectivity index (χ3v) is 3.95. The summed E-state index contributed by atoms with van der Waals surface area (Å²) in [6.45, 7) is 1.12. The molecule has 5 heteroatoms. The number of benzene rings is 2. The first-order valence-corrected chi connectivity index (χ1v) is 7.45. The average molecular weight is 313 g/mol. The van der Waals surface area contributed by atoms with E-state index < -0.39 is 0 Å². The Morgan fingerprint density at radius 3 is 2.74 bits per heavy atom. The van der Waals surface area contributed by atoms with Crippen molar-refractivity contribution in [2.75, 3.05) is 27.4 Å². The first-order valence-electron chi connectivity index (χ1n) is 7.45. The van der Waals surface area contributed by atoms with Gasteiger partial charge < -0.3 is 19.5 Å². The fraction of sp³-hybridized carbons (Fsp3) is 0.278. The number of methoxy groups -OCH3 is 2. The molecule has 0 saturated carbocycles. The summed E-state index contributed by atoms with van der Waals surface area (Å²) in [6.07, 6.45) is 0. The van der Waals surface area contributed by atoms with Crippen LogP contribution in [0.15, 0.2) is 42.5 Å². The van der Waals surface area contributed by atoms with Crippen LogP contribution in [0.25, 0.3) is 0 Å². The predicted molar refractivity (Wildman–Crippen MR) is 86.6 cm³/mol. The minimum Gasteiger partial charge on any atom is -0.493 e. The number of carbonyl (C=O) groups excluding carboxylic acids is 1. The predicted octanol–water partition coefficient (Wildman–Crippen LogP) is 2.61. The summed E-state index contributed by atoms with van der Waals surface area (Å²) in [5.41, 5.74) is 1.68. The Bertz CT molecular complexity index is 714. The van der Waals surface area contributed by atoms with Crippen molar-refractivity contribution in [2.45, 2.75) is 5.92 Å². The van der Waals surface area contributed by atoms with Crippen molar-refractivity contribution in [3.05, 3.63) is 53.6 Å². The number of nitrogens with one attached hydrogen (secondary N) is 1. The van der Waals surface area contributed by atoms with Crippen molar-refractivity contribution in [3.8, 4) is 17.2 Å². The summed E-state index contributed by atoms with van der Waals surface area (Å²) in [7, 11) is 3.11. The Kier molecular flexibility index (Phi) is 4.37. The van der Waals surface area contributed by atoms with Gasteiger partial charge in [0.2, 0.25) is 0 Å². The second kappa shape index (κ2) is 6.60. The van der Waals surface area contributed by atoms with E-state index in [9.17, 15) is 4.79 Å². The molecule has 1 heterocycles. The van der Waals surface area contributed by atoms with E-state index in [1.165, 1.54) is 0 Å². The van der Waals surface area contributed by atoms with Crippen LogP contribution in [-0.2, 0) is 0 Å². The fourth-order valence-corrected chi connectivity index (χ4v) is 2.69. The molecule has 120 valence electrons. The maximum Gasteiger partial charge on any atom is 0.251 e. The Morgan fingerprint density at radius 1 is 1.17 bits per heavy atom. The van der Waals surface area contributed by atoms with Gasteiger partial charge in [0.1, 0.15) is 5.75 Å². The van der Waals surface area contributed by atoms with Crippen molar-refractivity contribution in [3.63, 3.8) is 0 Å². The molecule has 2 aromatic carbocycles. The molecule has 1 aliphatic heterocycles. The highest BCUT2D eigenvalue weighted by Crippen LogP contribution is 2.33. The quantitative estimate of drug-likeness (QED) is 0.922. The van der Waals surface area contributed by atoms with Crippen molar-refractivity contribution in [2.24, 2.45) is 0 Å². The molecule has 0 bridgehead atoms. The monoisotopic (exact) mass is 313 g/mol. The number of para-hydroxylation sites is 1. The molecule has 1 amide bonds. The molecular weight excluding hydrogens is 294 g/mol. The topological polar surface area (TPSA) is 56.8 Å². The third kappa shape index (κ3) is 3.08. The number of ether oxygens (including phenoxy) is 3. The molecule has 3 rings (SSSR count). The minimum absolute atomic E-state index is 0.143. The van der Waals surface area contributed by atoms with Crippen molar-refractivity contribution in [1.29, 1.82) is 0 Å². The number of rotatable bonds is 5. The Labute approximate surface area is 135 Å². The summed E-state index contributed by atoms with van der Waals surface area (Å²) in [4.78, 5) is 12.3. The lowest BCUT2D eigenvalue weighted by molar-refractivity contribution is 0.0949. The molecule has 1 aliphatic rings. The van der Waals surface area contributed by atoms with Gasteiger partial charge >= 0.3 is 0 Å². The van der Waals surface area contributed by atoms with Crippen LogP contribution in [0, 0.1) is 0 Å².